The lowest BCUT2D eigenvalue weighted by Crippen LogP contribution is -2.30. The molecule has 0 aromatic heterocycles. The van der Waals surface area contributed by atoms with Crippen LogP contribution < -0.4 is 11.3 Å². The van der Waals surface area contributed by atoms with Crippen molar-refractivity contribution >= 4 is 0 Å². The summed E-state index contributed by atoms with van der Waals surface area (Å²) < 4.78 is 41.8. The van der Waals surface area contributed by atoms with E-state index in [2.05, 4.69) is 5.43 Å². The summed E-state index contributed by atoms with van der Waals surface area (Å²) in [5.41, 5.74) is 3.09. The fraction of sp³-hybridized carbons (Fsp3) is 0.200. The van der Waals surface area contributed by atoms with Gasteiger partial charge in [-0.05, 0) is 25.0 Å². The first-order valence-corrected chi connectivity index (χ1v) is 6.13. The molecule has 2 nitrogen and oxygen atoms in total. The smallest absolute Gasteiger partial charge is 0.164 e. The second-order valence-electron chi connectivity index (χ2n) is 4.68. The Kier molecular flexibility index (Phi) is 4.11. The van der Waals surface area contributed by atoms with Crippen LogP contribution in [0.5, 0.6) is 0 Å². The molecule has 1 unspecified atom stereocenters. The van der Waals surface area contributed by atoms with E-state index < -0.39 is 23.5 Å². The molecule has 0 amide bonds. The zero-order chi connectivity index (χ0) is 14.9. The van der Waals surface area contributed by atoms with Gasteiger partial charge in [-0.15, -0.1) is 0 Å². The van der Waals surface area contributed by atoms with Crippen LogP contribution in [-0.4, -0.2) is 0 Å². The van der Waals surface area contributed by atoms with Crippen LogP contribution in [0, 0.1) is 31.3 Å². The minimum Gasteiger partial charge on any atom is -0.271 e. The van der Waals surface area contributed by atoms with Crippen LogP contribution in [0.15, 0.2) is 30.3 Å². The molecule has 0 aliphatic heterocycles. The average molecular weight is 280 g/mol. The van der Waals surface area contributed by atoms with Crippen LogP contribution in [0.4, 0.5) is 13.2 Å². The van der Waals surface area contributed by atoms with Gasteiger partial charge in [0.2, 0.25) is 0 Å². The lowest BCUT2D eigenvalue weighted by atomic mass is 9.95. The molecule has 106 valence electrons. The Balaban J connectivity index is 2.59. The molecule has 0 radical (unpaired) electrons. The molecule has 5 heteroatoms. The Labute approximate surface area is 115 Å². The molecule has 2 aromatic rings. The third-order valence-corrected chi connectivity index (χ3v) is 3.32. The van der Waals surface area contributed by atoms with Crippen LogP contribution in [0.1, 0.15) is 28.3 Å². The highest BCUT2D eigenvalue weighted by atomic mass is 19.2. The van der Waals surface area contributed by atoms with Gasteiger partial charge < -0.3 is 0 Å². The van der Waals surface area contributed by atoms with Gasteiger partial charge in [0.15, 0.2) is 11.6 Å². The van der Waals surface area contributed by atoms with Crippen molar-refractivity contribution in [2.75, 3.05) is 0 Å². The Bertz CT molecular complexity index is 641. The third kappa shape index (κ3) is 2.42. The van der Waals surface area contributed by atoms with Gasteiger partial charge >= 0.3 is 0 Å². The molecule has 0 heterocycles. The van der Waals surface area contributed by atoms with Crippen LogP contribution in [0.3, 0.4) is 0 Å². The van der Waals surface area contributed by atoms with Gasteiger partial charge in [0, 0.05) is 11.1 Å². The number of rotatable bonds is 3. The maximum absolute atomic E-state index is 14.1. The van der Waals surface area contributed by atoms with Crippen LogP contribution >= 0.6 is 0 Å². The molecule has 0 aliphatic rings. The predicted molar refractivity (Wildman–Crippen MR) is 71.4 cm³/mol. The van der Waals surface area contributed by atoms with Crippen molar-refractivity contribution in [3.05, 3.63) is 70.0 Å². The van der Waals surface area contributed by atoms with Crippen molar-refractivity contribution in [3.8, 4) is 0 Å². The van der Waals surface area contributed by atoms with E-state index in [1.807, 2.05) is 0 Å². The molecule has 3 N–H and O–H groups in total. The van der Waals surface area contributed by atoms with Crippen LogP contribution in [-0.2, 0) is 0 Å². The highest BCUT2D eigenvalue weighted by Crippen LogP contribution is 2.29. The molecular weight excluding hydrogens is 265 g/mol. The van der Waals surface area contributed by atoms with Gasteiger partial charge in [-0.1, -0.05) is 30.3 Å². The molecule has 0 fully saturated rings. The summed E-state index contributed by atoms with van der Waals surface area (Å²) in [5.74, 6) is 2.95. The molecule has 0 spiro atoms. The Morgan fingerprint density at radius 3 is 2.10 bits per heavy atom. The molecule has 0 bridgehead atoms. The maximum atomic E-state index is 14.1. The first-order chi connectivity index (χ1) is 9.47. The minimum atomic E-state index is -1.02. The van der Waals surface area contributed by atoms with Crippen LogP contribution in [0.25, 0.3) is 0 Å². The van der Waals surface area contributed by atoms with E-state index in [4.69, 9.17) is 5.84 Å². The van der Waals surface area contributed by atoms with Crippen molar-refractivity contribution in [1.82, 2.24) is 5.43 Å². The number of hydrogen-bond acceptors (Lipinski definition) is 2. The zero-order valence-corrected chi connectivity index (χ0v) is 11.2. The van der Waals surface area contributed by atoms with E-state index in [0.29, 0.717) is 5.56 Å². The molecular formula is C15H15F3N2. The predicted octanol–water partition coefficient (Wildman–Crippen LogP) is 3.27. The largest absolute Gasteiger partial charge is 0.271 e. The van der Waals surface area contributed by atoms with Gasteiger partial charge in [0.1, 0.15) is 5.82 Å². The second kappa shape index (κ2) is 5.64. The van der Waals surface area contributed by atoms with Gasteiger partial charge in [-0.2, -0.15) is 0 Å². The van der Waals surface area contributed by atoms with Gasteiger partial charge in [-0.3, -0.25) is 5.84 Å². The average Bonchev–Trinajstić information content (AvgIpc) is 2.44. The molecule has 20 heavy (non-hydrogen) atoms. The summed E-state index contributed by atoms with van der Waals surface area (Å²) in [4.78, 5) is 0. The van der Waals surface area contributed by atoms with Crippen molar-refractivity contribution in [1.29, 1.82) is 0 Å². The fourth-order valence-electron chi connectivity index (χ4n) is 2.12. The third-order valence-electron chi connectivity index (χ3n) is 3.32. The van der Waals surface area contributed by atoms with Crippen LogP contribution in [0.2, 0.25) is 0 Å². The Hall–Kier alpha value is -1.85. The molecule has 0 saturated heterocycles. The minimum absolute atomic E-state index is 0.0277. The first-order valence-electron chi connectivity index (χ1n) is 6.13. The number of nitrogens with one attached hydrogen (secondary N) is 1. The lowest BCUT2D eigenvalue weighted by Gasteiger charge is -2.19. The summed E-state index contributed by atoms with van der Waals surface area (Å²) in [6, 6.07) is 6.61. The van der Waals surface area contributed by atoms with Crippen molar-refractivity contribution in [2.45, 2.75) is 19.9 Å². The number of benzene rings is 2. The number of halogens is 3. The number of hydrogen-bond donors (Lipinski definition) is 2. The molecule has 1 atom stereocenters. The standard InChI is InChI=1S/C15H15F3N2/c1-8-4-3-5-10(12(8)16)15(20-19)11-7-6-9(2)13(17)14(11)18/h3-7,15,20H,19H2,1-2H3. The molecule has 2 aromatic carbocycles. The normalized spacial score (nSPS) is 12.5. The summed E-state index contributed by atoms with van der Waals surface area (Å²) in [6.07, 6.45) is 0. The van der Waals surface area contributed by atoms with Crippen molar-refractivity contribution < 1.29 is 13.2 Å². The molecule has 2 rings (SSSR count). The highest BCUT2D eigenvalue weighted by molar-refractivity contribution is 5.37. The van der Waals surface area contributed by atoms with E-state index >= 15 is 0 Å². The summed E-state index contributed by atoms with van der Waals surface area (Å²) in [6.45, 7) is 3.05. The summed E-state index contributed by atoms with van der Waals surface area (Å²) >= 11 is 0. The summed E-state index contributed by atoms with van der Waals surface area (Å²) in [7, 11) is 0. The first kappa shape index (κ1) is 14.6. The van der Waals surface area contributed by atoms with E-state index in [0.717, 1.165) is 0 Å². The van der Waals surface area contributed by atoms with E-state index in [1.54, 1.807) is 19.1 Å². The number of nitrogens with two attached hydrogens (primary N) is 1. The SMILES string of the molecule is Cc1cccc(C(NN)c2ccc(C)c(F)c2F)c1F. The lowest BCUT2D eigenvalue weighted by molar-refractivity contribution is 0.473. The second-order valence-corrected chi connectivity index (χ2v) is 4.68. The molecule has 0 saturated carbocycles. The van der Waals surface area contributed by atoms with E-state index in [9.17, 15) is 13.2 Å². The topological polar surface area (TPSA) is 38.0 Å². The van der Waals surface area contributed by atoms with E-state index in [-0.39, 0.29) is 16.7 Å². The van der Waals surface area contributed by atoms with Crippen molar-refractivity contribution in [3.63, 3.8) is 0 Å². The zero-order valence-electron chi connectivity index (χ0n) is 11.2. The monoisotopic (exact) mass is 280 g/mol. The van der Waals surface area contributed by atoms with Gasteiger partial charge in [0.05, 0.1) is 6.04 Å². The van der Waals surface area contributed by atoms with E-state index in [1.165, 1.54) is 25.1 Å². The highest BCUT2D eigenvalue weighted by Gasteiger charge is 2.23. The summed E-state index contributed by atoms with van der Waals surface area (Å²) in [5, 5.41) is 0. The Morgan fingerprint density at radius 2 is 1.45 bits per heavy atom. The fourth-order valence-corrected chi connectivity index (χ4v) is 2.12. The Morgan fingerprint density at radius 1 is 0.850 bits per heavy atom. The van der Waals surface area contributed by atoms with Crippen molar-refractivity contribution in [2.24, 2.45) is 5.84 Å². The van der Waals surface area contributed by atoms with Gasteiger partial charge in [-0.25, -0.2) is 18.6 Å². The quantitative estimate of drug-likeness (QED) is 0.669. The molecule has 0 aliphatic carbocycles. The maximum Gasteiger partial charge on any atom is 0.164 e. The number of aryl methyl sites for hydroxylation is 2. The number of hydrazine groups is 1. The van der Waals surface area contributed by atoms with Gasteiger partial charge in [0.25, 0.3) is 0 Å².